The Morgan fingerprint density at radius 1 is 1.17 bits per heavy atom. The van der Waals surface area contributed by atoms with Crippen molar-refractivity contribution < 1.29 is 9.47 Å². The van der Waals surface area contributed by atoms with Crippen LogP contribution in [-0.2, 0) is 6.42 Å². The molecule has 0 radical (unpaired) electrons. The molecule has 1 aromatic carbocycles. The smallest absolute Gasteiger partial charge is 0.161 e. The van der Waals surface area contributed by atoms with Gasteiger partial charge in [0, 0.05) is 12.6 Å². The Kier molecular flexibility index (Phi) is 4.12. The van der Waals surface area contributed by atoms with Gasteiger partial charge in [0.15, 0.2) is 11.5 Å². The summed E-state index contributed by atoms with van der Waals surface area (Å²) < 4.78 is 11.4. The fourth-order valence-corrected chi connectivity index (χ4v) is 2.49. The molecular weight excluding hydrogens is 226 g/mol. The maximum absolute atomic E-state index is 5.70. The quantitative estimate of drug-likeness (QED) is 0.818. The van der Waals surface area contributed by atoms with Gasteiger partial charge in [0.1, 0.15) is 0 Å². The lowest BCUT2D eigenvalue weighted by Gasteiger charge is -2.32. The first kappa shape index (κ1) is 13.2. The van der Waals surface area contributed by atoms with Crippen molar-refractivity contribution in [3.63, 3.8) is 0 Å². The zero-order valence-corrected chi connectivity index (χ0v) is 11.8. The van der Waals surface area contributed by atoms with Crippen LogP contribution in [0.1, 0.15) is 37.9 Å². The molecule has 1 unspecified atom stereocenters. The van der Waals surface area contributed by atoms with Crippen LogP contribution in [0.4, 0.5) is 0 Å². The maximum atomic E-state index is 5.70. The summed E-state index contributed by atoms with van der Waals surface area (Å²) in [5, 5.41) is 0. The minimum absolute atomic E-state index is 0.448. The van der Waals surface area contributed by atoms with Crippen LogP contribution in [0.3, 0.4) is 0 Å². The molecule has 1 heterocycles. The predicted octanol–water partition coefficient (Wildman–Crippen LogP) is 3.03. The molecule has 0 spiro atoms. The Labute approximate surface area is 110 Å². The van der Waals surface area contributed by atoms with Crippen molar-refractivity contribution >= 4 is 0 Å². The lowest BCUT2D eigenvalue weighted by Crippen LogP contribution is -2.30. The van der Waals surface area contributed by atoms with Crippen LogP contribution in [0.5, 0.6) is 11.5 Å². The molecule has 1 aromatic rings. The van der Waals surface area contributed by atoms with Crippen molar-refractivity contribution in [3.8, 4) is 11.5 Å². The number of likely N-dealkylation sites (N-methyl/N-ethyl adjacent to an activating group) is 1. The number of hydrogen-bond acceptors (Lipinski definition) is 3. The van der Waals surface area contributed by atoms with Crippen molar-refractivity contribution in [2.75, 3.05) is 26.8 Å². The molecule has 0 fully saturated rings. The number of nitrogens with zero attached hydrogens (tertiary/aromatic N) is 1. The van der Waals surface area contributed by atoms with E-state index in [1.165, 1.54) is 11.1 Å². The molecule has 100 valence electrons. The van der Waals surface area contributed by atoms with Gasteiger partial charge in [0.2, 0.25) is 0 Å². The van der Waals surface area contributed by atoms with Crippen LogP contribution in [0.2, 0.25) is 0 Å². The Morgan fingerprint density at radius 2 is 1.78 bits per heavy atom. The van der Waals surface area contributed by atoms with E-state index >= 15 is 0 Å². The molecule has 3 nitrogen and oxygen atoms in total. The Bertz CT molecular complexity index is 417. The van der Waals surface area contributed by atoms with E-state index in [0.29, 0.717) is 19.3 Å². The topological polar surface area (TPSA) is 21.7 Å². The van der Waals surface area contributed by atoms with Crippen molar-refractivity contribution in [1.29, 1.82) is 0 Å². The van der Waals surface area contributed by atoms with E-state index in [4.69, 9.17) is 9.47 Å². The maximum Gasteiger partial charge on any atom is 0.161 e. The molecule has 1 aliphatic rings. The molecular formula is C15H23NO2. The third-order valence-corrected chi connectivity index (χ3v) is 3.65. The van der Waals surface area contributed by atoms with Gasteiger partial charge in [0.05, 0.1) is 13.2 Å². The van der Waals surface area contributed by atoms with E-state index in [9.17, 15) is 0 Å². The first-order chi connectivity index (χ1) is 8.67. The Hall–Kier alpha value is -1.22. The number of rotatable bonds is 4. The number of hydrogen-bond donors (Lipinski definition) is 0. The number of fused-ring (bicyclic) bond motifs is 1. The van der Waals surface area contributed by atoms with Crippen LogP contribution in [-0.4, -0.2) is 31.7 Å². The summed E-state index contributed by atoms with van der Waals surface area (Å²) >= 11 is 0. The normalized spacial score (nSPS) is 19.4. The third kappa shape index (κ3) is 2.46. The highest BCUT2D eigenvalue weighted by molar-refractivity contribution is 5.49. The summed E-state index contributed by atoms with van der Waals surface area (Å²) in [4.78, 5) is 2.37. The molecule has 0 amide bonds. The Balaban J connectivity index is 2.40. The lowest BCUT2D eigenvalue weighted by molar-refractivity contribution is 0.243. The third-order valence-electron chi connectivity index (χ3n) is 3.65. The molecule has 18 heavy (non-hydrogen) atoms. The van der Waals surface area contributed by atoms with Gasteiger partial charge in [-0.2, -0.15) is 0 Å². The monoisotopic (exact) mass is 249 g/mol. The minimum atomic E-state index is 0.448. The van der Waals surface area contributed by atoms with Gasteiger partial charge < -0.3 is 9.47 Å². The molecule has 0 saturated heterocycles. The molecule has 2 rings (SSSR count). The van der Waals surface area contributed by atoms with Crippen LogP contribution in [0, 0.1) is 0 Å². The molecule has 0 aliphatic carbocycles. The minimum Gasteiger partial charge on any atom is -0.490 e. The van der Waals surface area contributed by atoms with Gasteiger partial charge >= 0.3 is 0 Å². The summed E-state index contributed by atoms with van der Waals surface area (Å²) in [7, 11) is 2.17. The van der Waals surface area contributed by atoms with Gasteiger partial charge in [-0.25, -0.2) is 0 Å². The average molecular weight is 249 g/mol. The Morgan fingerprint density at radius 3 is 2.39 bits per heavy atom. The summed E-state index contributed by atoms with van der Waals surface area (Å²) in [5.74, 6) is 1.76. The van der Waals surface area contributed by atoms with E-state index in [-0.39, 0.29) is 0 Å². The van der Waals surface area contributed by atoms with Crippen LogP contribution < -0.4 is 9.47 Å². The van der Waals surface area contributed by atoms with E-state index in [1.54, 1.807) is 0 Å². The largest absolute Gasteiger partial charge is 0.490 e. The molecule has 1 aliphatic heterocycles. The standard InChI is InChI=1S/C15H23NO2/c1-5-17-14-9-12-7-8-16(4)11(3)13(12)10-15(14)18-6-2/h9-11H,5-8H2,1-4H3. The second kappa shape index (κ2) is 5.61. The zero-order chi connectivity index (χ0) is 13.1. The van der Waals surface area contributed by atoms with Crippen molar-refractivity contribution in [1.82, 2.24) is 4.90 Å². The fraction of sp³-hybridized carbons (Fsp3) is 0.600. The van der Waals surface area contributed by atoms with E-state index < -0.39 is 0 Å². The van der Waals surface area contributed by atoms with E-state index in [0.717, 1.165) is 24.5 Å². The molecule has 3 heteroatoms. The highest BCUT2D eigenvalue weighted by Gasteiger charge is 2.23. The molecule has 0 bridgehead atoms. The summed E-state index contributed by atoms with van der Waals surface area (Å²) in [6.07, 6.45) is 1.09. The second-order valence-electron chi connectivity index (χ2n) is 4.77. The molecule has 1 atom stereocenters. The van der Waals surface area contributed by atoms with Gasteiger partial charge in [0.25, 0.3) is 0 Å². The van der Waals surface area contributed by atoms with Crippen molar-refractivity contribution in [2.24, 2.45) is 0 Å². The first-order valence-corrected chi connectivity index (χ1v) is 6.80. The highest BCUT2D eigenvalue weighted by Crippen LogP contribution is 2.37. The van der Waals surface area contributed by atoms with Crippen molar-refractivity contribution in [2.45, 2.75) is 33.2 Å². The van der Waals surface area contributed by atoms with Crippen LogP contribution >= 0.6 is 0 Å². The van der Waals surface area contributed by atoms with Crippen molar-refractivity contribution in [3.05, 3.63) is 23.3 Å². The molecule has 0 N–H and O–H groups in total. The predicted molar refractivity (Wildman–Crippen MR) is 73.5 cm³/mol. The van der Waals surface area contributed by atoms with Crippen LogP contribution in [0.25, 0.3) is 0 Å². The fourth-order valence-electron chi connectivity index (χ4n) is 2.49. The van der Waals surface area contributed by atoms with Gasteiger partial charge in [-0.3, -0.25) is 4.90 Å². The average Bonchev–Trinajstić information content (AvgIpc) is 2.36. The molecule has 0 aromatic heterocycles. The van der Waals surface area contributed by atoms with Gasteiger partial charge in [-0.05, 0) is 57.5 Å². The van der Waals surface area contributed by atoms with E-state index in [1.807, 2.05) is 13.8 Å². The first-order valence-electron chi connectivity index (χ1n) is 6.80. The SMILES string of the molecule is CCOc1cc2c(cc1OCC)C(C)N(C)CC2. The number of ether oxygens (including phenoxy) is 2. The zero-order valence-electron chi connectivity index (χ0n) is 11.8. The summed E-state index contributed by atoms with van der Waals surface area (Å²) in [5.41, 5.74) is 2.77. The molecule has 0 saturated carbocycles. The van der Waals surface area contributed by atoms with Crippen LogP contribution in [0.15, 0.2) is 12.1 Å². The number of benzene rings is 1. The summed E-state index contributed by atoms with van der Waals surface area (Å²) in [6.45, 7) is 8.70. The van der Waals surface area contributed by atoms with E-state index in [2.05, 4.69) is 31.0 Å². The summed E-state index contributed by atoms with van der Waals surface area (Å²) in [6, 6.07) is 4.76. The lowest BCUT2D eigenvalue weighted by atomic mass is 9.93. The van der Waals surface area contributed by atoms with Gasteiger partial charge in [-0.15, -0.1) is 0 Å². The second-order valence-corrected chi connectivity index (χ2v) is 4.77. The van der Waals surface area contributed by atoms with Gasteiger partial charge in [-0.1, -0.05) is 0 Å². The highest BCUT2D eigenvalue weighted by atomic mass is 16.5.